The summed E-state index contributed by atoms with van der Waals surface area (Å²) in [7, 11) is 0. The summed E-state index contributed by atoms with van der Waals surface area (Å²) in [6, 6.07) is -0.418. The van der Waals surface area contributed by atoms with Gasteiger partial charge in [0.25, 0.3) is 0 Å². The number of nitrogens with zero attached hydrogens (tertiary/aromatic N) is 1. The Hall–Kier alpha value is -1.89. The van der Waals surface area contributed by atoms with Gasteiger partial charge in [0.15, 0.2) is 0 Å². The standard InChI is InChI=1S/C14H20N4O3/c19-12(10-6-9-11(7-15-10)17-8-16-9)18-14(13(20)21)4-2-1-3-5-14/h8,10,15H,1-7H2,(H,16,17)(H,18,19)(H,20,21). The van der Waals surface area contributed by atoms with Crippen molar-refractivity contribution >= 4 is 11.9 Å². The van der Waals surface area contributed by atoms with Crippen molar-refractivity contribution in [1.29, 1.82) is 0 Å². The van der Waals surface area contributed by atoms with Crippen LogP contribution in [0.3, 0.4) is 0 Å². The maximum atomic E-state index is 12.4. The quantitative estimate of drug-likeness (QED) is 0.642. The Bertz CT molecular complexity index is 548. The first-order valence-corrected chi connectivity index (χ1v) is 7.41. The van der Waals surface area contributed by atoms with Crippen LogP contribution >= 0.6 is 0 Å². The van der Waals surface area contributed by atoms with Crippen LogP contribution < -0.4 is 10.6 Å². The molecule has 3 rings (SSSR count). The van der Waals surface area contributed by atoms with Gasteiger partial charge in [0.1, 0.15) is 5.54 Å². The maximum absolute atomic E-state index is 12.4. The molecule has 7 heteroatoms. The predicted molar refractivity (Wildman–Crippen MR) is 74.5 cm³/mol. The first kappa shape index (κ1) is 14.1. The third-order valence-electron chi connectivity index (χ3n) is 4.53. The molecular weight excluding hydrogens is 272 g/mol. The second-order valence-electron chi connectivity index (χ2n) is 5.90. The summed E-state index contributed by atoms with van der Waals surface area (Å²) in [6.07, 6.45) is 5.83. The number of carbonyl (C=O) groups is 2. The van der Waals surface area contributed by atoms with Gasteiger partial charge in [-0.2, -0.15) is 0 Å². The van der Waals surface area contributed by atoms with E-state index in [1.165, 1.54) is 0 Å². The topological polar surface area (TPSA) is 107 Å². The Balaban J connectivity index is 1.69. The number of fused-ring (bicyclic) bond motifs is 1. The highest BCUT2D eigenvalue weighted by Crippen LogP contribution is 2.28. The molecule has 0 radical (unpaired) electrons. The van der Waals surface area contributed by atoms with E-state index in [0.29, 0.717) is 25.8 Å². The lowest BCUT2D eigenvalue weighted by molar-refractivity contribution is -0.149. The smallest absolute Gasteiger partial charge is 0.329 e. The Morgan fingerprint density at radius 1 is 1.33 bits per heavy atom. The Morgan fingerprint density at radius 3 is 2.81 bits per heavy atom. The Labute approximate surface area is 122 Å². The monoisotopic (exact) mass is 292 g/mol. The van der Waals surface area contributed by atoms with Crippen molar-refractivity contribution < 1.29 is 14.7 Å². The van der Waals surface area contributed by atoms with Crippen LogP contribution in [0.25, 0.3) is 0 Å². The van der Waals surface area contributed by atoms with Crippen molar-refractivity contribution in [2.24, 2.45) is 0 Å². The van der Waals surface area contributed by atoms with Crippen LogP contribution in [-0.4, -0.2) is 38.5 Å². The third-order valence-corrected chi connectivity index (χ3v) is 4.53. The number of amides is 1. The zero-order valence-electron chi connectivity index (χ0n) is 11.8. The van der Waals surface area contributed by atoms with Gasteiger partial charge >= 0.3 is 5.97 Å². The first-order valence-electron chi connectivity index (χ1n) is 7.41. The summed E-state index contributed by atoms with van der Waals surface area (Å²) in [5.41, 5.74) is 0.773. The molecule has 1 aliphatic heterocycles. The van der Waals surface area contributed by atoms with Crippen LogP contribution in [0.1, 0.15) is 43.5 Å². The van der Waals surface area contributed by atoms with Crippen molar-refractivity contribution in [3.63, 3.8) is 0 Å². The van der Waals surface area contributed by atoms with Crippen LogP contribution in [0.5, 0.6) is 0 Å². The van der Waals surface area contributed by atoms with Gasteiger partial charge in [-0.3, -0.25) is 10.1 Å². The summed E-state index contributed by atoms with van der Waals surface area (Å²) in [5.74, 6) is -1.17. The minimum Gasteiger partial charge on any atom is -0.480 e. The van der Waals surface area contributed by atoms with Gasteiger partial charge in [-0.1, -0.05) is 19.3 Å². The van der Waals surface area contributed by atoms with Crippen LogP contribution in [0, 0.1) is 0 Å². The zero-order valence-corrected chi connectivity index (χ0v) is 11.8. The fourth-order valence-electron chi connectivity index (χ4n) is 3.23. The third kappa shape index (κ3) is 2.65. The van der Waals surface area contributed by atoms with E-state index in [9.17, 15) is 14.7 Å². The molecule has 0 bridgehead atoms. The van der Waals surface area contributed by atoms with E-state index in [1.54, 1.807) is 6.33 Å². The van der Waals surface area contributed by atoms with Crippen molar-refractivity contribution in [2.75, 3.05) is 0 Å². The molecule has 0 spiro atoms. The minimum absolute atomic E-state index is 0.243. The second kappa shape index (κ2) is 5.48. The summed E-state index contributed by atoms with van der Waals surface area (Å²) >= 11 is 0. The molecule has 0 aromatic carbocycles. The fourth-order valence-corrected chi connectivity index (χ4v) is 3.23. The number of carboxylic acid groups (broad SMARTS) is 1. The summed E-state index contributed by atoms with van der Waals surface area (Å²) < 4.78 is 0. The van der Waals surface area contributed by atoms with Crippen molar-refractivity contribution in [3.05, 3.63) is 17.7 Å². The molecule has 1 aliphatic carbocycles. The van der Waals surface area contributed by atoms with E-state index in [1.807, 2.05) is 0 Å². The number of nitrogens with one attached hydrogen (secondary N) is 3. The number of carbonyl (C=O) groups excluding carboxylic acids is 1. The largest absolute Gasteiger partial charge is 0.480 e. The molecule has 1 atom stereocenters. The van der Waals surface area contributed by atoms with Crippen LogP contribution in [0.15, 0.2) is 6.33 Å². The summed E-state index contributed by atoms with van der Waals surface area (Å²) in [5, 5.41) is 15.4. The van der Waals surface area contributed by atoms with Gasteiger partial charge in [-0.05, 0) is 12.8 Å². The fraction of sp³-hybridized carbons (Fsp3) is 0.643. The molecule has 21 heavy (non-hydrogen) atoms. The van der Waals surface area contributed by atoms with E-state index in [2.05, 4.69) is 20.6 Å². The SMILES string of the molecule is O=C(NC1(C(=O)O)CCCCC1)C1Cc2nc[nH]c2CN1. The van der Waals surface area contributed by atoms with Gasteiger partial charge in [0.2, 0.25) is 5.91 Å². The van der Waals surface area contributed by atoms with Crippen molar-refractivity contribution in [3.8, 4) is 0 Å². The van der Waals surface area contributed by atoms with Gasteiger partial charge in [0, 0.05) is 13.0 Å². The molecule has 1 aromatic heterocycles. The molecule has 114 valence electrons. The number of carboxylic acids is 1. The average molecular weight is 292 g/mol. The lowest BCUT2D eigenvalue weighted by Crippen LogP contribution is -2.60. The lowest BCUT2D eigenvalue weighted by Gasteiger charge is -2.35. The number of aromatic amines is 1. The number of rotatable bonds is 3. The average Bonchev–Trinajstić information content (AvgIpc) is 2.95. The van der Waals surface area contributed by atoms with E-state index in [-0.39, 0.29) is 5.91 Å². The zero-order chi connectivity index (χ0) is 14.9. The van der Waals surface area contributed by atoms with Crippen LogP contribution in [0.2, 0.25) is 0 Å². The van der Waals surface area contributed by atoms with Gasteiger partial charge in [0.05, 0.1) is 23.8 Å². The van der Waals surface area contributed by atoms with Crippen LogP contribution in [0.4, 0.5) is 0 Å². The number of hydrogen-bond donors (Lipinski definition) is 4. The Morgan fingerprint density at radius 2 is 2.10 bits per heavy atom. The number of imidazole rings is 1. The Kier molecular flexibility index (Phi) is 3.67. The number of aliphatic carboxylic acids is 1. The van der Waals surface area contributed by atoms with Gasteiger partial charge in [-0.25, -0.2) is 9.78 Å². The molecular formula is C14H20N4O3. The second-order valence-corrected chi connectivity index (χ2v) is 5.90. The molecule has 1 unspecified atom stereocenters. The molecule has 1 saturated carbocycles. The molecule has 0 saturated heterocycles. The lowest BCUT2D eigenvalue weighted by atomic mass is 9.81. The number of hydrogen-bond acceptors (Lipinski definition) is 4. The molecule has 2 aliphatic rings. The van der Waals surface area contributed by atoms with E-state index >= 15 is 0 Å². The maximum Gasteiger partial charge on any atom is 0.329 e. The summed E-state index contributed by atoms with van der Waals surface area (Å²) in [6.45, 7) is 0.549. The highest BCUT2D eigenvalue weighted by atomic mass is 16.4. The van der Waals surface area contributed by atoms with Crippen molar-refractivity contribution in [2.45, 2.75) is 56.7 Å². The van der Waals surface area contributed by atoms with Gasteiger partial charge in [-0.15, -0.1) is 0 Å². The molecule has 2 heterocycles. The number of H-pyrrole nitrogens is 1. The molecule has 1 amide bonds. The molecule has 1 fully saturated rings. The van der Waals surface area contributed by atoms with Crippen molar-refractivity contribution in [1.82, 2.24) is 20.6 Å². The molecule has 7 nitrogen and oxygen atoms in total. The minimum atomic E-state index is -1.09. The molecule has 1 aromatic rings. The van der Waals surface area contributed by atoms with E-state index in [4.69, 9.17) is 0 Å². The normalized spacial score (nSPS) is 24.1. The van der Waals surface area contributed by atoms with E-state index < -0.39 is 17.6 Å². The highest BCUT2D eigenvalue weighted by Gasteiger charge is 2.42. The van der Waals surface area contributed by atoms with Crippen LogP contribution in [-0.2, 0) is 22.6 Å². The van der Waals surface area contributed by atoms with E-state index in [0.717, 1.165) is 30.7 Å². The summed E-state index contributed by atoms with van der Waals surface area (Å²) in [4.78, 5) is 31.3. The first-order chi connectivity index (χ1) is 10.1. The van der Waals surface area contributed by atoms with Gasteiger partial charge < -0.3 is 15.4 Å². The molecule has 4 N–H and O–H groups in total. The highest BCUT2D eigenvalue weighted by molar-refractivity contribution is 5.90. The predicted octanol–water partition coefficient (Wildman–Crippen LogP) is 0.328. The number of aromatic nitrogens is 2.